The van der Waals surface area contributed by atoms with Crippen molar-refractivity contribution in [3.63, 3.8) is 0 Å². The molecule has 3 aromatic rings. The Balaban J connectivity index is 2.22. The number of aromatic nitrogens is 3. The van der Waals surface area contributed by atoms with E-state index in [1.165, 1.54) is 7.11 Å². The maximum absolute atomic E-state index is 12.3. The van der Waals surface area contributed by atoms with Crippen molar-refractivity contribution < 1.29 is 9.53 Å². The molecule has 0 aliphatic rings. The second-order valence-electron chi connectivity index (χ2n) is 5.32. The van der Waals surface area contributed by atoms with Gasteiger partial charge >= 0.3 is 6.03 Å². The SMILES string of the molecule is CCNC(=O)NC(OC)(c1cccc(Br)c1)c1cnc2cccnn12. The van der Waals surface area contributed by atoms with Gasteiger partial charge in [0.2, 0.25) is 5.72 Å². The second kappa shape index (κ2) is 7.20. The number of rotatable bonds is 5. The van der Waals surface area contributed by atoms with E-state index >= 15 is 0 Å². The standard InChI is InChI=1S/C17H18BrN5O2/c1-3-19-16(24)22-17(25-2,12-6-4-7-13(18)10-12)14-11-20-15-8-5-9-21-23(14)15/h4-11H,3H2,1-2H3,(H2,19,22,24). The van der Waals surface area contributed by atoms with E-state index in [9.17, 15) is 4.79 Å². The third kappa shape index (κ3) is 3.22. The first-order chi connectivity index (χ1) is 12.1. The summed E-state index contributed by atoms with van der Waals surface area (Å²) in [6.07, 6.45) is 3.31. The topological polar surface area (TPSA) is 80.5 Å². The Morgan fingerprint density at radius 2 is 2.20 bits per heavy atom. The lowest BCUT2D eigenvalue weighted by Crippen LogP contribution is -2.52. The number of amides is 2. The number of hydrogen-bond donors (Lipinski definition) is 2. The minimum Gasteiger partial charge on any atom is -0.349 e. The second-order valence-corrected chi connectivity index (χ2v) is 6.23. The number of methoxy groups -OCH3 is 1. The molecule has 7 nitrogen and oxygen atoms in total. The summed E-state index contributed by atoms with van der Waals surface area (Å²) < 4.78 is 8.37. The average molecular weight is 404 g/mol. The van der Waals surface area contributed by atoms with Gasteiger partial charge in [-0.15, -0.1) is 0 Å². The van der Waals surface area contributed by atoms with E-state index in [0.29, 0.717) is 17.9 Å². The molecule has 25 heavy (non-hydrogen) atoms. The van der Waals surface area contributed by atoms with Crippen molar-refractivity contribution in [2.24, 2.45) is 0 Å². The van der Waals surface area contributed by atoms with Crippen molar-refractivity contribution in [2.45, 2.75) is 12.6 Å². The quantitative estimate of drug-likeness (QED) is 0.641. The monoisotopic (exact) mass is 403 g/mol. The van der Waals surface area contributed by atoms with Crippen molar-refractivity contribution in [3.05, 3.63) is 64.5 Å². The molecular weight excluding hydrogens is 386 g/mol. The van der Waals surface area contributed by atoms with Crippen LogP contribution in [0.15, 0.2) is 53.3 Å². The molecule has 0 bridgehead atoms. The molecule has 2 aromatic heterocycles. The molecule has 2 amide bonds. The predicted molar refractivity (Wildman–Crippen MR) is 97.1 cm³/mol. The van der Waals surface area contributed by atoms with Crippen LogP contribution in [0.4, 0.5) is 4.79 Å². The number of imidazole rings is 1. The van der Waals surface area contributed by atoms with Crippen LogP contribution < -0.4 is 10.6 Å². The molecule has 0 spiro atoms. The molecular formula is C17H18BrN5O2. The van der Waals surface area contributed by atoms with Crippen molar-refractivity contribution >= 4 is 27.6 Å². The molecule has 3 rings (SSSR count). The zero-order valence-corrected chi connectivity index (χ0v) is 15.4. The minimum atomic E-state index is -1.25. The molecule has 0 saturated heterocycles. The molecule has 0 aliphatic carbocycles. The number of urea groups is 1. The van der Waals surface area contributed by atoms with Crippen molar-refractivity contribution in [1.82, 2.24) is 25.2 Å². The highest BCUT2D eigenvalue weighted by Crippen LogP contribution is 2.32. The lowest BCUT2D eigenvalue weighted by Gasteiger charge is -2.33. The molecule has 130 valence electrons. The van der Waals surface area contributed by atoms with E-state index in [1.807, 2.05) is 37.3 Å². The van der Waals surface area contributed by atoms with Crippen LogP contribution in [0.5, 0.6) is 0 Å². The average Bonchev–Trinajstić information content (AvgIpc) is 3.04. The molecule has 0 aliphatic heterocycles. The summed E-state index contributed by atoms with van der Waals surface area (Å²) in [5.41, 5.74) is 0.737. The molecule has 1 unspecified atom stereocenters. The van der Waals surface area contributed by atoms with Gasteiger partial charge in [-0.05, 0) is 31.2 Å². The summed E-state index contributed by atoms with van der Waals surface area (Å²) in [5, 5.41) is 10.0. The number of fused-ring (bicyclic) bond motifs is 1. The fourth-order valence-electron chi connectivity index (χ4n) is 2.70. The van der Waals surface area contributed by atoms with E-state index in [1.54, 1.807) is 23.0 Å². The number of nitrogens with one attached hydrogen (secondary N) is 2. The summed E-state index contributed by atoms with van der Waals surface area (Å²) in [6.45, 7) is 2.35. The van der Waals surface area contributed by atoms with Gasteiger partial charge in [-0.25, -0.2) is 14.3 Å². The van der Waals surface area contributed by atoms with Gasteiger partial charge in [-0.1, -0.05) is 28.1 Å². The fraction of sp³-hybridized carbons (Fsp3) is 0.235. The van der Waals surface area contributed by atoms with Gasteiger partial charge in [0.25, 0.3) is 0 Å². The predicted octanol–water partition coefficient (Wildman–Crippen LogP) is 2.66. The Kier molecular flexibility index (Phi) is 5.00. The molecule has 2 N–H and O–H groups in total. The Labute approximate surface area is 153 Å². The van der Waals surface area contributed by atoms with Crippen molar-refractivity contribution in [2.75, 3.05) is 13.7 Å². The molecule has 0 saturated carbocycles. The van der Waals surface area contributed by atoms with E-state index < -0.39 is 5.72 Å². The maximum Gasteiger partial charge on any atom is 0.317 e. The van der Waals surface area contributed by atoms with Gasteiger partial charge in [0.1, 0.15) is 5.69 Å². The van der Waals surface area contributed by atoms with E-state index in [2.05, 4.69) is 36.6 Å². The van der Waals surface area contributed by atoms with Gasteiger partial charge in [-0.3, -0.25) is 0 Å². The van der Waals surface area contributed by atoms with Gasteiger partial charge in [0.05, 0.1) is 6.20 Å². The van der Waals surface area contributed by atoms with Crippen LogP contribution in [-0.2, 0) is 10.5 Å². The van der Waals surface area contributed by atoms with E-state index in [4.69, 9.17) is 4.74 Å². The first kappa shape index (κ1) is 17.4. The Bertz CT molecular complexity index is 897. The van der Waals surface area contributed by atoms with Crippen LogP contribution in [-0.4, -0.2) is 34.3 Å². The first-order valence-electron chi connectivity index (χ1n) is 7.77. The summed E-state index contributed by atoms with van der Waals surface area (Å²) in [5.74, 6) is 0. The lowest BCUT2D eigenvalue weighted by molar-refractivity contribution is -0.00318. The van der Waals surface area contributed by atoms with Crippen LogP contribution in [0.25, 0.3) is 5.65 Å². The van der Waals surface area contributed by atoms with Crippen LogP contribution in [0.1, 0.15) is 18.2 Å². The largest absolute Gasteiger partial charge is 0.349 e. The fourth-order valence-corrected chi connectivity index (χ4v) is 3.10. The smallest absolute Gasteiger partial charge is 0.317 e. The number of benzene rings is 1. The summed E-state index contributed by atoms with van der Waals surface area (Å²) >= 11 is 3.47. The zero-order chi connectivity index (χ0) is 17.9. The Morgan fingerprint density at radius 3 is 2.92 bits per heavy atom. The van der Waals surface area contributed by atoms with Gasteiger partial charge in [0.15, 0.2) is 5.65 Å². The third-order valence-corrected chi connectivity index (χ3v) is 4.30. The Morgan fingerprint density at radius 1 is 1.36 bits per heavy atom. The number of carbonyl (C=O) groups excluding carboxylic acids is 1. The highest BCUT2D eigenvalue weighted by atomic mass is 79.9. The molecule has 1 aromatic carbocycles. The zero-order valence-electron chi connectivity index (χ0n) is 13.9. The van der Waals surface area contributed by atoms with Crippen LogP contribution in [0.2, 0.25) is 0 Å². The highest BCUT2D eigenvalue weighted by molar-refractivity contribution is 9.10. The van der Waals surface area contributed by atoms with E-state index in [-0.39, 0.29) is 6.03 Å². The van der Waals surface area contributed by atoms with Gasteiger partial charge in [0, 0.05) is 29.9 Å². The van der Waals surface area contributed by atoms with Gasteiger partial charge < -0.3 is 15.4 Å². The number of nitrogens with zero attached hydrogens (tertiary/aromatic N) is 3. The summed E-state index contributed by atoms with van der Waals surface area (Å²) in [7, 11) is 1.54. The molecule has 2 heterocycles. The van der Waals surface area contributed by atoms with Crippen LogP contribution in [0, 0.1) is 0 Å². The van der Waals surface area contributed by atoms with Crippen molar-refractivity contribution in [3.8, 4) is 0 Å². The highest BCUT2D eigenvalue weighted by Gasteiger charge is 2.40. The van der Waals surface area contributed by atoms with Gasteiger partial charge in [-0.2, -0.15) is 5.10 Å². The van der Waals surface area contributed by atoms with Crippen molar-refractivity contribution in [1.29, 1.82) is 0 Å². The van der Waals surface area contributed by atoms with E-state index in [0.717, 1.165) is 10.0 Å². The maximum atomic E-state index is 12.3. The number of ether oxygens (including phenoxy) is 1. The summed E-state index contributed by atoms with van der Waals surface area (Å²) in [4.78, 5) is 16.7. The number of halogens is 1. The summed E-state index contributed by atoms with van der Waals surface area (Å²) in [6, 6.07) is 10.8. The normalized spacial score (nSPS) is 13.4. The molecule has 0 radical (unpaired) electrons. The number of carbonyl (C=O) groups is 1. The van der Waals surface area contributed by atoms with Crippen LogP contribution >= 0.6 is 15.9 Å². The molecule has 1 atom stereocenters. The van der Waals surface area contributed by atoms with Crippen LogP contribution in [0.3, 0.4) is 0 Å². The molecule has 0 fully saturated rings. The lowest BCUT2D eigenvalue weighted by atomic mass is 9.99. The third-order valence-electron chi connectivity index (χ3n) is 3.80. The number of hydrogen-bond acceptors (Lipinski definition) is 4. The minimum absolute atomic E-state index is 0.352. The first-order valence-corrected chi connectivity index (χ1v) is 8.56. The molecule has 8 heteroatoms. The Hall–Kier alpha value is -2.45.